The minimum atomic E-state index is -6.03. The molecule has 1 aromatic heterocycles. The number of aromatic nitrogens is 1. The molecule has 3 amide bonds. The van der Waals surface area contributed by atoms with Gasteiger partial charge in [-0.2, -0.15) is 26.3 Å². The molecule has 5 rings (SSSR count). The number of hydrogen-bond donors (Lipinski definition) is 2. The van der Waals surface area contributed by atoms with Crippen LogP contribution in [0.3, 0.4) is 0 Å². The van der Waals surface area contributed by atoms with Crippen molar-refractivity contribution in [3.8, 4) is 17.4 Å². The number of carbonyl (C=O) groups excluding carboxylic acids is 2. The van der Waals surface area contributed by atoms with Crippen LogP contribution in [-0.4, -0.2) is 45.9 Å². The first kappa shape index (κ1) is 30.1. The highest BCUT2D eigenvalue weighted by Gasteiger charge is 2.71. The van der Waals surface area contributed by atoms with Gasteiger partial charge in [0.2, 0.25) is 5.88 Å². The predicted molar refractivity (Wildman–Crippen MR) is 138 cm³/mol. The van der Waals surface area contributed by atoms with Crippen molar-refractivity contribution in [1.82, 2.24) is 15.2 Å². The van der Waals surface area contributed by atoms with Gasteiger partial charge in [-0.3, -0.25) is 9.69 Å². The van der Waals surface area contributed by atoms with Crippen LogP contribution in [0.25, 0.3) is 0 Å². The summed E-state index contributed by atoms with van der Waals surface area (Å²) in [4.78, 5) is 31.5. The van der Waals surface area contributed by atoms with E-state index >= 15 is 0 Å². The molecule has 0 aliphatic carbocycles. The Balaban J connectivity index is 1.37. The second kappa shape index (κ2) is 10.4. The zero-order valence-corrected chi connectivity index (χ0v) is 22.8. The number of ether oxygens (including phenoxy) is 2. The molecule has 1 atom stereocenters. The lowest BCUT2D eigenvalue weighted by molar-refractivity contribution is -0.376. The number of rotatable bonds is 7. The maximum absolute atomic E-state index is 13.4. The van der Waals surface area contributed by atoms with E-state index in [1.807, 2.05) is 6.07 Å². The third-order valence-corrected chi connectivity index (χ3v) is 7.54. The molecule has 2 aromatic carbocycles. The van der Waals surface area contributed by atoms with Crippen LogP contribution in [0, 0.1) is 0 Å². The smallest absolute Gasteiger partial charge is 0.430 e. The maximum Gasteiger partial charge on any atom is 0.430 e. The van der Waals surface area contributed by atoms with Gasteiger partial charge in [-0.25, -0.2) is 9.78 Å². The van der Waals surface area contributed by atoms with E-state index < -0.39 is 41.0 Å². The van der Waals surface area contributed by atoms with Crippen LogP contribution >= 0.6 is 0 Å². The lowest BCUT2D eigenvalue weighted by Crippen LogP contribution is -2.53. The number of pyridine rings is 1. The Hall–Kier alpha value is -4.33. The molecule has 1 saturated heterocycles. The molecule has 14 heteroatoms. The SMILES string of the molecule is CCc1cc(C(O)(C(F)(F)F)C(F)(F)F)ccc1Oc1cccc(CN2C(=O)NC(C)(c3ccc4c(c3)CCO4)C2=O)n1. The molecule has 0 spiro atoms. The second-order valence-corrected chi connectivity index (χ2v) is 10.3. The third kappa shape index (κ3) is 5.13. The summed E-state index contributed by atoms with van der Waals surface area (Å²) < 4.78 is 91.3. The Morgan fingerprint density at radius 1 is 1.05 bits per heavy atom. The Labute approximate surface area is 241 Å². The van der Waals surface area contributed by atoms with Crippen molar-refractivity contribution >= 4 is 11.9 Å². The number of carbonyl (C=O) groups is 2. The highest BCUT2D eigenvalue weighted by molar-refractivity contribution is 6.07. The van der Waals surface area contributed by atoms with Crippen molar-refractivity contribution in [2.75, 3.05) is 6.61 Å². The molecule has 0 saturated carbocycles. The molecule has 0 radical (unpaired) electrons. The largest absolute Gasteiger partial charge is 0.493 e. The Bertz CT molecular complexity index is 1580. The van der Waals surface area contributed by atoms with E-state index in [9.17, 15) is 41.0 Å². The number of benzene rings is 2. The molecule has 8 nitrogen and oxygen atoms in total. The van der Waals surface area contributed by atoms with Gasteiger partial charge in [-0.15, -0.1) is 0 Å². The number of nitrogens with one attached hydrogen (secondary N) is 1. The zero-order valence-electron chi connectivity index (χ0n) is 22.8. The predicted octanol–water partition coefficient (Wildman–Crippen LogP) is 5.65. The molecular formula is C29H25F6N3O5. The lowest BCUT2D eigenvalue weighted by Gasteiger charge is -2.33. The fraction of sp³-hybridized carbons (Fsp3) is 0.345. The zero-order chi connectivity index (χ0) is 31.4. The number of aliphatic hydroxyl groups is 1. The quantitative estimate of drug-likeness (QED) is 0.265. The van der Waals surface area contributed by atoms with Crippen molar-refractivity contribution in [2.24, 2.45) is 0 Å². The van der Waals surface area contributed by atoms with Gasteiger partial charge >= 0.3 is 18.4 Å². The minimum absolute atomic E-state index is 0.0372. The molecule has 43 heavy (non-hydrogen) atoms. The van der Waals surface area contributed by atoms with Gasteiger partial charge in [0, 0.05) is 18.1 Å². The van der Waals surface area contributed by atoms with Gasteiger partial charge in [0.05, 0.1) is 18.8 Å². The topological polar surface area (TPSA) is 101 Å². The summed E-state index contributed by atoms with van der Waals surface area (Å²) in [6.45, 7) is 3.36. The number of aryl methyl sites for hydroxylation is 1. The molecule has 2 aliphatic rings. The summed E-state index contributed by atoms with van der Waals surface area (Å²) in [7, 11) is 0. The van der Waals surface area contributed by atoms with E-state index in [1.165, 1.54) is 25.1 Å². The molecule has 2 N–H and O–H groups in total. The van der Waals surface area contributed by atoms with Gasteiger partial charge in [-0.05, 0) is 60.4 Å². The molecular weight excluding hydrogens is 584 g/mol. The second-order valence-electron chi connectivity index (χ2n) is 10.3. The molecule has 2 aliphatic heterocycles. The van der Waals surface area contributed by atoms with Crippen LogP contribution in [0.2, 0.25) is 0 Å². The summed E-state index contributed by atoms with van der Waals surface area (Å²) in [6, 6.07) is 11.0. The van der Waals surface area contributed by atoms with Gasteiger partial charge in [0.25, 0.3) is 11.5 Å². The van der Waals surface area contributed by atoms with Gasteiger partial charge < -0.3 is 19.9 Å². The standard InChI is InChI=1S/C29H25F6N3O5/c1-3-16-13-19(27(41,28(30,31)32)29(33,34)35)8-10-22(16)43-23-6-4-5-20(36-23)15-38-24(39)26(2,37-25(38)40)18-7-9-21-17(14-18)11-12-42-21/h4-10,13-14,41H,3,11-12,15H2,1-2H3,(H,37,40). The molecule has 1 unspecified atom stereocenters. The fourth-order valence-electron chi connectivity index (χ4n) is 5.08. The number of imide groups is 1. The summed E-state index contributed by atoms with van der Waals surface area (Å²) in [5.41, 5.74) is -6.14. The maximum atomic E-state index is 13.4. The van der Waals surface area contributed by atoms with E-state index in [4.69, 9.17) is 9.47 Å². The van der Waals surface area contributed by atoms with Crippen LogP contribution in [0.1, 0.15) is 41.8 Å². The Morgan fingerprint density at radius 3 is 2.44 bits per heavy atom. The van der Waals surface area contributed by atoms with E-state index in [2.05, 4.69) is 10.3 Å². The third-order valence-electron chi connectivity index (χ3n) is 7.54. The molecule has 3 heterocycles. The normalized spacial score (nSPS) is 18.9. The van der Waals surface area contributed by atoms with Crippen LogP contribution in [0.15, 0.2) is 54.6 Å². The van der Waals surface area contributed by atoms with E-state index in [-0.39, 0.29) is 35.9 Å². The Kier molecular flexibility index (Phi) is 7.31. The monoisotopic (exact) mass is 609 g/mol. The van der Waals surface area contributed by atoms with Crippen molar-refractivity contribution < 1.29 is 50.5 Å². The molecule has 1 fully saturated rings. The molecule has 3 aromatic rings. The van der Waals surface area contributed by atoms with E-state index in [0.717, 1.165) is 22.3 Å². The van der Waals surface area contributed by atoms with Crippen LogP contribution in [-0.2, 0) is 35.3 Å². The summed E-state index contributed by atoms with van der Waals surface area (Å²) in [5.74, 6) is 0.0236. The first-order valence-electron chi connectivity index (χ1n) is 13.1. The van der Waals surface area contributed by atoms with Gasteiger partial charge in [-0.1, -0.05) is 25.1 Å². The molecule has 228 valence electrons. The molecule has 0 bridgehead atoms. The van der Waals surface area contributed by atoms with Crippen molar-refractivity contribution in [3.63, 3.8) is 0 Å². The van der Waals surface area contributed by atoms with Crippen LogP contribution in [0.4, 0.5) is 31.1 Å². The first-order chi connectivity index (χ1) is 20.1. The van der Waals surface area contributed by atoms with Crippen LogP contribution in [0.5, 0.6) is 17.4 Å². The number of fused-ring (bicyclic) bond motifs is 1. The number of alkyl halides is 6. The van der Waals surface area contributed by atoms with Crippen molar-refractivity contribution in [2.45, 2.75) is 56.7 Å². The van der Waals surface area contributed by atoms with Gasteiger partial charge in [0.15, 0.2) is 0 Å². The summed E-state index contributed by atoms with van der Waals surface area (Å²) in [5, 5.41) is 12.5. The van der Waals surface area contributed by atoms with Crippen LogP contribution < -0.4 is 14.8 Å². The van der Waals surface area contributed by atoms with Crippen molar-refractivity contribution in [3.05, 3.63) is 82.5 Å². The lowest BCUT2D eigenvalue weighted by atomic mass is 9.90. The number of urea groups is 1. The fourth-order valence-corrected chi connectivity index (χ4v) is 5.08. The number of hydrogen-bond acceptors (Lipinski definition) is 6. The Morgan fingerprint density at radius 2 is 1.77 bits per heavy atom. The van der Waals surface area contributed by atoms with E-state index in [1.54, 1.807) is 19.1 Å². The van der Waals surface area contributed by atoms with E-state index in [0.29, 0.717) is 30.7 Å². The van der Waals surface area contributed by atoms with Crippen molar-refractivity contribution in [1.29, 1.82) is 0 Å². The number of nitrogens with zero attached hydrogens (tertiary/aromatic N) is 2. The summed E-state index contributed by atoms with van der Waals surface area (Å²) >= 11 is 0. The highest BCUT2D eigenvalue weighted by atomic mass is 19.4. The minimum Gasteiger partial charge on any atom is -0.493 e. The van der Waals surface area contributed by atoms with Gasteiger partial charge in [0.1, 0.15) is 17.0 Å². The highest BCUT2D eigenvalue weighted by Crippen LogP contribution is 2.50. The number of amides is 3. The first-order valence-corrected chi connectivity index (χ1v) is 13.1. The number of halogens is 6. The average Bonchev–Trinajstić information content (AvgIpc) is 3.50. The average molecular weight is 610 g/mol. The summed E-state index contributed by atoms with van der Waals surface area (Å²) in [6.07, 6.45) is -11.4.